The predicted molar refractivity (Wildman–Crippen MR) is 71.6 cm³/mol. The number of unbranched alkanes of at least 4 members (excludes halogenated alkanes) is 1. The molecule has 16 heavy (non-hydrogen) atoms. The Bertz CT molecular complexity index is 329. The standard InChI is InChI=1S/C12H18Cl2N2/c1-3-5-8-16(4-2)12-7-6-10(14)11(9-13)15-12/h6-7H,3-5,8-9H2,1-2H3. The molecule has 1 rings (SSSR count). The first kappa shape index (κ1) is 13.6. The Hall–Kier alpha value is -0.470. The molecule has 90 valence electrons. The molecule has 4 heteroatoms. The third-order valence-electron chi connectivity index (χ3n) is 2.52. The van der Waals surface area contributed by atoms with E-state index in [1.54, 1.807) is 0 Å². The molecule has 0 amide bonds. The quantitative estimate of drug-likeness (QED) is 0.717. The highest BCUT2D eigenvalue weighted by molar-refractivity contribution is 6.32. The van der Waals surface area contributed by atoms with Crippen LogP contribution in [0.4, 0.5) is 5.82 Å². The molecule has 1 aromatic heterocycles. The van der Waals surface area contributed by atoms with Crippen LogP contribution in [0.25, 0.3) is 0 Å². The zero-order valence-corrected chi connectivity index (χ0v) is 11.4. The number of hydrogen-bond acceptors (Lipinski definition) is 2. The van der Waals surface area contributed by atoms with E-state index in [1.807, 2.05) is 12.1 Å². The van der Waals surface area contributed by atoms with Crippen LogP contribution in [0.2, 0.25) is 5.02 Å². The Morgan fingerprint density at radius 2 is 2.06 bits per heavy atom. The minimum atomic E-state index is 0.359. The van der Waals surface area contributed by atoms with Crippen LogP contribution in [0.5, 0.6) is 0 Å². The molecule has 0 spiro atoms. The van der Waals surface area contributed by atoms with Gasteiger partial charge in [-0.3, -0.25) is 0 Å². The van der Waals surface area contributed by atoms with E-state index in [4.69, 9.17) is 23.2 Å². The molecule has 1 heterocycles. The molecule has 0 aliphatic heterocycles. The summed E-state index contributed by atoms with van der Waals surface area (Å²) in [5.41, 5.74) is 0.760. The van der Waals surface area contributed by atoms with Crippen LogP contribution in [0.1, 0.15) is 32.4 Å². The van der Waals surface area contributed by atoms with Gasteiger partial charge in [0, 0.05) is 13.1 Å². The van der Waals surface area contributed by atoms with E-state index < -0.39 is 0 Å². The molecule has 1 aromatic rings. The van der Waals surface area contributed by atoms with Gasteiger partial charge in [-0.05, 0) is 25.5 Å². The van der Waals surface area contributed by atoms with E-state index >= 15 is 0 Å². The van der Waals surface area contributed by atoms with Crippen LogP contribution in [-0.4, -0.2) is 18.1 Å². The van der Waals surface area contributed by atoms with Gasteiger partial charge in [-0.2, -0.15) is 0 Å². The van der Waals surface area contributed by atoms with Crippen molar-refractivity contribution in [2.75, 3.05) is 18.0 Å². The molecular formula is C12H18Cl2N2. The molecule has 0 atom stereocenters. The number of aromatic nitrogens is 1. The summed E-state index contributed by atoms with van der Waals surface area (Å²) in [5, 5.41) is 0.644. The fraction of sp³-hybridized carbons (Fsp3) is 0.583. The van der Waals surface area contributed by atoms with Crippen molar-refractivity contribution in [1.82, 2.24) is 4.98 Å². The van der Waals surface area contributed by atoms with Crippen LogP contribution in [0.3, 0.4) is 0 Å². The molecule has 0 unspecified atom stereocenters. The van der Waals surface area contributed by atoms with Gasteiger partial charge in [0.15, 0.2) is 0 Å². The topological polar surface area (TPSA) is 16.1 Å². The van der Waals surface area contributed by atoms with Crippen LogP contribution < -0.4 is 4.90 Å². The van der Waals surface area contributed by atoms with Gasteiger partial charge in [0.25, 0.3) is 0 Å². The Kier molecular flexibility index (Phi) is 5.93. The molecule has 0 fully saturated rings. The van der Waals surface area contributed by atoms with Gasteiger partial charge >= 0.3 is 0 Å². The monoisotopic (exact) mass is 260 g/mol. The van der Waals surface area contributed by atoms with Crippen molar-refractivity contribution in [1.29, 1.82) is 0 Å². The fourth-order valence-corrected chi connectivity index (χ4v) is 1.97. The SMILES string of the molecule is CCCCN(CC)c1ccc(Cl)c(CCl)n1. The minimum Gasteiger partial charge on any atom is -0.357 e. The first-order valence-corrected chi connectivity index (χ1v) is 6.60. The summed E-state index contributed by atoms with van der Waals surface area (Å²) in [4.78, 5) is 6.72. The number of alkyl halides is 1. The smallest absolute Gasteiger partial charge is 0.128 e. The lowest BCUT2D eigenvalue weighted by molar-refractivity contribution is 0.723. The first-order valence-electron chi connectivity index (χ1n) is 5.69. The van der Waals surface area contributed by atoms with Gasteiger partial charge in [-0.25, -0.2) is 4.98 Å². The molecule has 0 aromatic carbocycles. The second kappa shape index (κ2) is 6.97. The van der Waals surface area contributed by atoms with E-state index in [2.05, 4.69) is 23.7 Å². The van der Waals surface area contributed by atoms with Crippen LogP contribution in [0, 0.1) is 0 Å². The molecule has 0 saturated heterocycles. The van der Waals surface area contributed by atoms with Crippen molar-refractivity contribution < 1.29 is 0 Å². The summed E-state index contributed by atoms with van der Waals surface area (Å²) in [6.07, 6.45) is 2.36. The molecular weight excluding hydrogens is 243 g/mol. The van der Waals surface area contributed by atoms with E-state index in [0.717, 1.165) is 24.6 Å². The zero-order chi connectivity index (χ0) is 12.0. The van der Waals surface area contributed by atoms with E-state index in [0.29, 0.717) is 10.9 Å². The minimum absolute atomic E-state index is 0.359. The van der Waals surface area contributed by atoms with Gasteiger partial charge in [-0.15, -0.1) is 11.6 Å². The summed E-state index contributed by atoms with van der Waals surface area (Å²) in [6.45, 7) is 6.30. The number of halogens is 2. The highest BCUT2D eigenvalue weighted by atomic mass is 35.5. The number of nitrogens with zero attached hydrogens (tertiary/aromatic N) is 2. The molecule has 0 bridgehead atoms. The zero-order valence-electron chi connectivity index (χ0n) is 9.84. The molecule has 0 aliphatic carbocycles. The van der Waals surface area contributed by atoms with Gasteiger partial charge < -0.3 is 4.90 Å². The summed E-state index contributed by atoms with van der Waals surface area (Å²) < 4.78 is 0. The second-order valence-corrected chi connectivity index (χ2v) is 4.34. The molecule has 0 N–H and O–H groups in total. The molecule has 0 aliphatic rings. The third kappa shape index (κ3) is 3.53. The maximum atomic E-state index is 5.98. The van der Waals surface area contributed by atoms with Crippen molar-refractivity contribution in [3.8, 4) is 0 Å². The number of anilines is 1. The lowest BCUT2D eigenvalue weighted by Gasteiger charge is -2.22. The maximum absolute atomic E-state index is 5.98. The summed E-state index contributed by atoms with van der Waals surface area (Å²) >= 11 is 11.8. The number of rotatable bonds is 6. The van der Waals surface area contributed by atoms with E-state index in [-0.39, 0.29) is 0 Å². The van der Waals surface area contributed by atoms with Crippen LogP contribution in [0.15, 0.2) is 12.1 Å². The maximum Gasteiger partial charge on any atom is 0.128 e. The second-order valence-electron chi connectivity index (χ2n) is 3.66. The van der Waals surface area contributed by atoms with Crippen LogP contribution >= 0.6 is 23.2 Å². The molecule has 2 nitrogen and oxygen atoms in total. The molecule has 0 radical (unpaired) electrons. The van der Waals surface area contributed by atoms with Crippen molar-refractivity contribution in [3.63, 3.8) is 0 Å². The highest BCUT2D eigenvalue weighted by Gasteiger charge is 2.08. The van der Waals surface area contributed by atoms with Gasteiger partial charge in [0.05, 0.1) is 16.6 Å². The van der Waals surface area contributed by atoms with Crippen molar-refractivity contribution in [2.45, 2.75) is 32.6 Å². The van der Waals surface area contributed by atoms with E-state index in [9.17, 15) is 0 Å². The summed E-state index contributed by atoms with van der Waals surface area (Å²) in [6, 6.07) is 3.83. The van der Waals surface area contributed by atoms with E-state index in [1.165, 1.54) is 12.8 Å². The fourth-order valence-electron chi connectivity index (χ4n) is 1.53. The van der Waals surface area contributed by atoms with Gasteiger partial charge in [0.2, 0.25) is 0 Å². The lowest BCUT2D eigenvalue weighted by Crippen LogP contribution is -2.25. The average molecular weight is 261 g/mol. The Labute approximate surface area is 108 Å². The Morgan fingerprint density at radius 1 is 1.31 bits per heavy atom. The van der Waals surface area contributed by atoms with Crippen LogP contribution in [-0.2, 0) is 5.88 Å². The average Bonchev–Trinajstić information content (AvgIpc) is 2.32. The van der Waals surface area contributed by atoms with Crippen molar-refractivity contribution >= 4 is 29.0 Å². The number of hydrogen-bond donors (Lipinski definition) is 0. The predicted octanol–water partition coefficient (Wildman–Crippen LogP) is 4.10. The Morgan fingerprint density at radius 3 is 2.62 bits per heavy atom. The normalized spacial score (nSPS) is 10.5. The number of pyridine rings is 1. The first-order chi connectivity index (χ1) is 7.72. The Balaban J connectivity index is 2.83. The van der Waals surface area contributed by atoms with Crippen molar-refractivity contribution in [3.05, 3.63) is 22.8 Å². The van der Waals surface area contributed by atoms with Crippen molar-refractivity contribution in [2.24, 2.45) is 0 Å². The summed E-state index contributed by atoms with van der Waals surface area (Å²) in [5.74, 6) is 1.33. The van der Waals surface area contributed by atoms with Gasteiger partial charge in [-0.1, -0.05) is 24.9 Å². The molecule has 0 saturated carbocycles. The lowest BCUT2D eigenvalue weighted by atomic mass is 10.3. The largest absolute Gasteiger partial charge is 0.357 e. The van der Waals surface area contributed by atoms with Gasteiger partial charge in [0.1, 0.15) is 5.82 Å². The highest BCUT2D eigenvalue weighted by Crippen LogP contribution is 2.20. The third-order valence-corrected chi connectivity index (χ3v) is 3.12. The summed E-state index contributed by atoms with van der Waals surface area (Å²) in [7, 11) is 0.